The van der Waals surface area contributed by atoms with E-state index in [2.05, 4.69) is 15.3 Å². The van der Waals surface area contributed by atoms with Gasteiger partial charge in [-0.15, -0.1) is 0 Å². The van der Waals surface area contributed by atoms with Crippen molar-refractivity contribution >= 4 is 5.91 Å². The summed E-state index contributed by atoms with van der Waals surface area (Å²) in [5.74, 6) is -0.151. The third-order valence-corrected chi connectivity index (χ3v) is 3.33. The van der Waals surface area contributed by atoms with Gasteiger partial charge in [-0.1, -0.05) is 36.4 Å². The third-order valence-electron chi connectivity index (χ3n) is 3.33. The molecule has 1 unspecified atom stereocenters. The summed E-state index contributed by atoms with van der Waals surface area (Å²) in [4.78, 5) is 20.7. The molecule has 1 atom stereocenters. The molecule has 1 N–H and O–H groups in total. The van der Waals surface area contributed by atoms with Crippen molar-refractivity contribution in [3.63, 3.8) is 0 Å². The molecule has 0 bridgehead atoms. The van der Waals surface area contributed by atoms with Crippen LogP contribution >= 0.6 is 0 Å². The number of carbonyl (C=O) groups excluding carboxylic acids is 1. The minimum Gasteiger partial charge on any atom is -0.340 e. The molecule has 3 aromatic rings. The molecule has 2 aromatic heterocycles. The van der Waals surface area contributed by atoms with E-state index >= 15 is 0 Å². The van der Waals surface area contributed by atoms with Crippen molar-refractivity contribution in [2.45, 2.75) is 6.04 Å². The van der Waals surface area contributed by atoms with Crippen LogP contribution in [-0.4, -0.2) is 15.9 Å². The molecule has 1 amide bonds. The van der Waals surface area contributed by atoms with Crippen LogP contribution in [0.4, 0.5) is 0 Å². The van der Waals surface area contributed by atoms with E-state index < -0.39 is 0 Å². The SMILES string of the molecule is O=C(NC(c1ccccc1)c1ccccn1)c1ccncc1. The second kappa shape index (κ2) is 6.63. The molecule has 0 aliphatic heterocycles. The fraction of sp³-hybridized carbons (Fsp3) is 0.0556. The summed E-state index contributed by atoms with van der Waals surface area (Å²) in [6, 6.07) is 18.6. The first-order valence-corrected chi connectivity index (χ1v) is 7.01. The van der Waals surface area contributed by atoms with Gasteiger partial charge in [-0.2, -0.15) is 0 Å². The first kappa shape index (κ1) is 13.9. The zero-order valence-electron chi connectivity index (χ0n) is 11.9. The predicted molar refractivity (Wildman–Crippen MR) is 84.2 cm³/mol. The summed E-state index contributed by atoms with van der Waals surface area (Å²) in [5.41, 5.74) is 2.37. The van der Waals surface area contributed by atoms with Gasteiger partial charge in [0.15, 0.2) is 0 Å². The van der Waals surface area contributed by atoms with Crippen molar-refractivity contribution in [3.8, 4) is 0 Å². The molecule has 1 aromatic carbocycles. The Morgan fingerprint density at radius 3 is 2.27 bits per heavy atom. The third kappa shape index (κ3) is 3.17. The first-order valence-electron chi connectivity index (χ1n) is 7.01. The van der Waals surface area contributed by atoms with Crippen molar-refractivity contribution < 1.29 is 4.79 Å². The van der Waals surface area contributed by atoms with E-state index in [9.17, 15) is 4.79 Å². The second-order valence-electron chi connectivity index (χ2n) is 4.81. The van der Waals surface area contributed by atoms with Gasteiger partial charge in [-0.3, -0.25) is 14.8 Å². The molecule has 4 heteroatoms. The van der Waals surface area contributed by atoms with E-state index in [4.69, 9.17) is 0 Å². The van der Waals surface area contributed by atoms with Crippen LogP contribution in [-0.2, 0) is 0 Å². The zero-order valence-corrected chi connectivity index (χ0v) is 11.9. The van der Waals surface area contributed by atoms with Crippen LogP contribution in [0.5, 0.6) is 0 Å². The van der Waals surface area contributed by atoms with Crippen LogP contribution < -0.4 is 5.32 Å². The fourth-order valence-corrected chi connectivity index (χ4v) is 2.24. The zero-order chi connectivity index (χ0) is 15.2. The summed E-state index contributed by atoms with van der Waals surface area (Å²) < 4.78 is 0. The molecular weight excluding hydrogens is 274 g/mol. The Morgan fingerprint density at radius 2 is 1.59 bits per heavy atom. The van der Waals surface area contributed by atoms with Crippen LogP contribution in [0, 0.1) is 0 Å². The Balaban J connectivity index is 1.91. The topological polar surface area (TPSA) is 54.9 Å². The molecule has 2 heterocycles. The van der Waals surface area contributed by atoms with Gasteiger partial charge in [0.05, 0.1) is 11.7 Å². The number of amides is 1. The Hall–Kier alpha value is -3.01. The summed E-state index contributed by atoms with van der Waals surface area (Å²) in [6.07, 6.45) is 4.93. The molecule has 0 radical (unpaired) electrons. The lowest BCUT2D eigenvalue weighted by atomic mass is 10.0. The van der Waals surface area contributed by atoms with Crippen LogP contribution in [0.3, 0.4) is 0 Å². The highest BCUT2D eigenvalue weighted by Crippen LogP contribution is 2.20. The first-order chi connectivity index (χ1) is 10.8. The second-order valence-corrected chi connectivity index (χ2v) is 4.81. The number of nitrogens with zero attached hydrogens (tertiary/aromatic N) is 2. The van der Waals surface area contributed by atoms with Gasteiger partial charge in [-0.05, 0) is 29.8 Å². The highest BCUT2D eigenvalue weighted by Gasteiger charge is 2.18. The number of benzene rings is 1. The predicted octanol–water partition coefficient (Wildman–Crippen LogP) is 3.00. The normalized spacial score (nSPS) is 11.6. The maximum atomic E-state index is 12.4. The molecule has 0 saturated heterocycles. The lowest BCUT2D eigenvalue weighted by Crippen LogP contribution is -2.29. The fourth-order valence-electron chi connectivity index (χ4n) is 2.24. The van der Waals surface area contributed by atoms with Gasteiger partial charge < -0.3 is 5.32 Å². The minimum absolute atomic E-state index is 0.151. The standard InChI is InChI=1S/C18H15N3O/c22-18(15-9-12-19-13-10-15)21-17(14-6-2-1-3-7-14)16-8-4-5-11-20-16/h1-13,17H,(H,21,22). The number of nitrogens with one attached hydrogen (secondary N) is 1. The maximum absolute atomic E-state index is 12.4. The quantitative estimate of drug-likeness (QED) is 0.803. The van der Waals surface area contributed by atoms with Crippen molar-refractivity contribution in [1.29, 1.82) is 0 Å². The van der Waals surface area contributed by atoms with E-state index in [1.807, 2.05) is 48.5 Å². The Bertz CT molecular complexity index is 691. The van der Waals surface area contributed by atoms with Gasteiger partial charge in [0.1, 0.15) is 0 Å². The Morgan fingerprint density at radius 1 is 0.864 bits per heavy atom. The molecule has 0 fully saturated rings. The van der Waals surface area contributed by atoms with E-state index in [-0.39, 0.29) is 11.9 Å². The number of pyridine rings is 2. The molecule has 0 aliphatic rings. The highest BCUT2D eigenvalue weighted by molar-refractivity contribution is 5.94. The molecular formula is C18H15N3O. The van der Waals surface area contributed by atoms with Crippen molar-refractivity contribution in [2.24, 2.45) is 0 Å². The number of aromatic nitrogens is 2. The van der Waals surface area contributed by atoms with Crippen molar-refractivity contribution in [1.82, 2.24) is 15.3 Å². The molecule has 0 saturated carbocycles. The molecule has 0 aliphatic carbocycles. The van der Waals surface area contributed by atoms with Gasteiger partial charge in [0.25, 0.3) is 5.91 Å². The highest BCUT2D eigenvalue weighted by atomic mass is 16.1. The number of carbonyl (C=O) groups is 1. The van der Waals surface area contributed by atoms with Gasteiger partial charge in [0.2, 0.25) is 0 Å². The van der Waals surface area contributed by atoms with Crippen molar-refractivity contribution in [2.75, 3.05) is 0 Å². The number of rotatable bonds is 4. The van der Waals surface area contributed by atoms with Crippen molar-refractivity contribution in [3.05, 3.63) is 96.1 Å². The van der Waals surface area contributed by atoms with Gasteiger partial charge >= 0.3 is 0 Å². The molecule has 22 heavy (non-hydrogen) atoms. The number of hydrogen-bond donors (Lipinski definition) is 1. The van der Waals surface area contributed by atoms with Gasteiger partial charge in [-0.25, -0.2) is 0 Å². The lowest BCUT2D eigenvalue weighted by molar-refractivity contribution is 0.0942. The molecule has 0 spiro atoms. The number of hydrogen-bond acceptors (Lipinski definition) is 3. The van der Waals surface area contributed by atoms with Gasteiger partial charge in [0, 0.05) is 24.2 Å². The average Bonchev–Trinajstić information content (AvgIpc) is 2.62. The van der Waals surface area contributed by atoms with Crippen LogP contribution in [0.15, 0.2) is 79.3 Å². The Kier molecular flexibility index (Phi) is 4.20. The maximum Gasteiger partial charge on any atom is 0.252 e. The summed E-state index contributed by atoms with van der Waals surface area (Å²) >= 11 is 0. The summed E-state index contributed by atoms with van der Waals surface area (Å²) in [6.45, 7) is 0. The molecule has 3 rings (SSSR count). The largest absolute Gasteiger partial charge is 0.340 e. The summed E-state index contributed by atoms with van der Waals surface area (Å²) in [5, 5.41) is 3.04. The smallest absolute Gasteiger partial charge is 0.252 e. The minimum atomic E-state index is -0.289. The van der Waals surface area contributed by atoms with E-state index in [1.54, 1.807) is 30.7 Å². The Labute approximate surface area is 128 Å². The van der Waals surface area contributed by atoms with Crippen LogP contribution in [0.1, 0.15) is 27.7 Å². The van der Waals surface area contributed by atoms with E-state index in [0.29, 0.717) is 5.56 Å². The average molecular weight is 289 g/mol. The molecule has 108 valence electrons. The van der Waals surface area contributed by atoms with E-state index in [1.165, 1.54) is 0 Å². The lowest BCUT2D eigenvalue weighted by Gasteiger charge is -2.18. The molecule has 4 nitrogen and oxygen atoms in total. The van der Waals surface area contributed by atoms with Crippen LogP contribution in [0.25, 0.3) is 0 Å². The van der Waals surface area contributed by atoms with E-state index in [0.717, 1.165) is 11.3 Å². The van der Waals surface area contributed by atoms with Crippen LogP contribution in [0.2, 0.25) is 0 Å². The monoisotopic (exact) mass is 289 g/mol. The summed E-state index contributed by atoms with van der Waals surface area (Å²) in [7, 11) is 0.